The van der Waals surface area contributed by atoms with Crippen molar-refractivity contribution in [2.75, 3.05) is 26.9 Å². The van der Waals surface area contributed by atoms with Gasteiger partial charge in [-0.15, -0.1) is 11.6 Å². The summed E-state index contributed by atoms with van der Waals surface area (Å²) in [6.07, 6.45) is 4.99. The van der Waals surface area contributed by atoms with Crippen molar-refractivity contribution in [2.24, 2.45) is 0 Å². The molecule has 1 aromatic rings. The van der Waals surface area contributed by atoms with E-state index in [1.165, 1.54) is 6.07 Å². The molecule has 0 saturated carbocycles. The van der Waals surface area contributed by atoms with E-state index in [9.17, 15) is 4.39 Å². The molecule has 1 aliphatic heterocycles. The Hall–Kier alpha value is -0.966. The quantitative estimate of drug-likeness (QED) is 0.544. The molecule has 1 aliphatic rings. The maximum atomic E-state index is 14.4. The molecule has 0 fully saturated rings. The van der Waals surface area contributed by atoms with Gasteiger partial charge in [0.2, 0.25) is 0 Å². The molecule has 1 heterocycles. The zero-order chi connectivity index (χ0) is 16.1. The van der Waals surface area contributed by atoms with Gasteiger partial charge in [0.15, 0.2) is 0 Å². The van der Waals surface area contributed by atoms with Crippen LogP contribution in [0.3, 0.4) is 0 Å². The zero-order valence-corrected chi connectivity index (χ0v) is 16.7. The largest absolute Gasteiger partial charge is 0.491 e. The molecule has 0 aromatic heterocycles. The summed E-state index contributed by atoms with van der Waals surface area (Å²) in [4.78, 5) is 1.96. The first kappa shape index (κ1) is 20.1. The van der Waals surface area contributed by atoms with E-state index in [0.717, 1.165) is 11.3 Å². The average molecular weight is 391 g/mol. The molecule has 0 atom stereocenters. The predicted octanol–water partition coefficient (Wildman–Crippen LogP) is 3.79. The van der Waals surface area contributed by atoms with Crippen LogP contribution in [0.2, 0.25) is 0 Å². The normalized spacial score (nSPS) is 14.1. The first-order chi connectivity index (χ1) is 10.6. The SMILES string of the molecule is C=C1C(C)=C[C-]=C(c2ccc(OCCOC)cc2F)N1CC.[Y]. The monoisotopic (exact) mass is 391 g/mol. The van der Waals surface area contributed by atoms with Crippen molar-refractivity contribution in [3.8, 4) is 5.75 Å². The molecule has 0 bridgehead atoms. The third kappa shape index (κ3) is 4.75. The van der Waals surface area contributed by atoms with Crippen LogP contribution in [-0.4, -0.2) is 31.8 Å². The zero-order valence-electron chi connectivity index (χ0n) is 13.9. The Morgan fingerprint density at radius 2 is 2.04 bits per heavy atom. The van der Waals surface area contributed by atoms with E-state index in [0.29, 0.717) is 36.8 Å². The number of benzene rings is 1. The molecule has 1 radical (unpaired) electrons. The number of hydrogen-bond donors (Lipinski definition) is 0. The fraction of sp³-hybridized carbons (Fsp3) is 0.333. The molecule has 23 heavy (non-hydrogen) atoms. The summed E-state index contributed by atoms with van der Waals surface area (Å²) < 4.78 is 24.8. The summed E-state index contributed by atoms with van der Waals surface area (Å²) in [6, 6.07) is 4.86. The Labute approximate surface area is 162 Å². The Kier molecular flexibility index (Phi) is 8.17. The van der Waals surface area contributed by atoms with Gasteiger partial charge in [0.1, 0.15) is 12.4 Å². The van der Waals surface area contributed by atoms with Gasteiger partial charge in [-0.1, -0.05) is 24.8 Å². The number of ether oxygens (including phenoxy) is 2. The van der Waals surface area contributed by atoms with E-state index in [1.807, 2.05) is 24.8 Å². The maximum Gasteiger partial charge on any atom is 0.120 e. The van der Waals surface area contributed by atoms with Gasteiger partial charge in [-0.25, -0.2) is 4.39 Å². The minimum Gasteiger partial charge on any atom is -0.491 e. The van der Waals surface area contributed by atoms with Gasteiger partial charge in [-0.3, -0.25) is 0 Å². The van der Waals surface area contributed by atoms with Crippen LogP contribution in [0.25, 0.3) is 5.70 Å². The van der Waals surface area contributed by atoms with Crippen molar-refractivity contribution in [1.29, 1.82) is 0 Å². The Morgan fingerprint density at radius 1 is 1.30 bits per heavy atom. The second-order valence-electron chi connectivity index (χ2n) is 4.99. The standard InChI is InChI=1S/C18H21FNO2.Y/c1-5-20-14(3)13(2)6-9-18(20)16-8-7-15(12-17(16)19)22-11-10-21-4;/h6-8,12H,3,5,10-11H2,1-2,4H3;/q-1;. The van der Waals surface area contributed by atoms with E-state index in [1.54, 1.807) is 19.2 Å². The second kappa shape index (κ2) is 9.36. The van der Waals surface area contributed by atoms with Crippen molar-refractivity contribution in [2.45, 2.75) is 13.8 Å². The smallest absolute Gasteiger partial charge is 0.120 e. The van der Waals surface area contributed by atoms with Gasteiger partial charge in [-0.2, -0.15) is 12.2 Å². The third-order valence-corrected chi connectivity index (χ3v) is 3.54. The molecular weight excluding hydrogens is 370 g/mol. The number of halogens is 1. The van der Waals surface area contributed by atoms with Crippen molar-refractivity contribution >= 4 is 5.70 Å². The summed E-state index contributed by atoms with van der Waals surface area (Å²) in [5.74, 6) is 0.153. The average Bonchev–Trinajstić information content (AvgIpc) is 2.51. The number of hydrogen-bond acceptors (Lipinski definition) is 3. The molecular formula is C18H21FNO2Y-. The molecule has 0 spiro atoms. The van der Waals surface area contributed by atoms with Gasteiger partial charge < -0.3 is 14.4 Å². The topological polar surface area (TPSA) is 21.7 Å². The Balaban J connectivity index is 0.00000264. The Morgan fingerprint density at radius 3 is 2.65 bits per heavy atom. The molecule has 5 heteroatoms. The van der Waals surface area contributed by atoms with E-state index in [4.69, 9.17) is 9.47 Å². The van der Waals surface area contributed by atoms with E-state index in [2.05, 4.69) is 12.7 Å². The van der Waals surface area contributed by atoms with Crippen molar-refractivity contribution in [3.05, 3.63) is 59.6 Å². The van der Waals surface area contributed by atoms with Crippen LogP contribution >= 0.6 is 0 Å². The van der Waals surface area contributed by atoms with Crippen molar-refractivity contribution in [1.82, 2.24) is 4.90 Å². The van der Waals surface area contributed by atoms with E-state index >= 15 is 0 Å². The molecule has 1 aromatic carbocycles. The first-order valence-corrected chi connectivity index (χ1v) is 7.27. The van der Waals surface area contributed by atoms with Gasteiger partial charge in [0.05, 0.1) is 12.4 Å². The first-order valence-electron chi connectivity index (χ1n) is 7.27. The number of methoxy groups -OCH3 is 1. The maximum absolute atomic E-state index is 14.4. The van der Waals surface area contributed by atoms with E-state index < -0.39 is 0 Å². The fourth-order valence-corrected chi connectivity index (χ4v) is 2.28. The Bertz CT molecular complexity index is 625. The van der Waals surface area contributed by atoms with Gasteiger partial charge in [0, 0.05) is 52.4 Å². The summed E-state index contributed by atoms with van der Waals surface area (Å²) >= 11 is 0. The van der Waals surface area contributed by atoms with Crippen LogP contribution in [-0.2, 0) is 37.4 Å². The summed E-state index contributed by atoms with van der Waals surface area (Å²) in [5.41, 5.74) is 3.09. The molecule has 0 amide bonds. The van der Waals surface area contributed by atoms with Gasteiger partial charge >= 0.3 is 0 Å². The molecule has 0 N–H and O–H groups in total. The van der Waals surface area contributed by atoms with E-state index in [-0.39, 0.29) is 38.5 Å². The predicted molar refractivity (Wildman–Crippen MR) is 85.7 cm³/mol. The summed E-state index contributed by atoms with van der Waals surface area (Å²) in [6.45, 7) is 9.60. The van der Waals surface area contributed by atoms with Crippen molar-refractivity contribution < 1.29 is 46.6 Å². The summed E-state index contributed by atoms with van der Waals surface area (Å²) in [7, 11) is 1.60. The third-order valence-electron chi connectivity index (χ3n) is 3.54. The molecule has 2 rings (SSSR count). The molecule has 0 saturated heterocycles. The van der Waals surface area contributed by atoms with Crippen LogP contribution in [0.4, 0.5) is 4.39 Å². The number of rotatable bonds is 6. The minimum absolute atomic E-state index is 0. The van der Waals surface area contributed by atoms with Gasteiger partial charge in [0.25, 0.3) is 0 Å². The fourth-order valence-electron chi connectivity index (χ4n) is 2.28. The van der Waals surface area contributed by atoms with Crippen LogP contribution in [0.1, 0.15) is 19.4 Å². The van der Waals surface area contributed by atoms with Crippen LogP contribution in [0.15, 0.2) is 42.1 Å². The molecule has 121 valence electrons. The van der Waals surface area contributed by atoms with Gasteiger partial charge in [-0.05, 0) is 18.7 Å². The number of likely N-dealkylation sites (N-methyl/N-ethyl adjacent to an activating group) is 1. The number of allylic oxidation sites excluding steroid dienone is 3. The summed E-state index contributed by atoms with van der Waals surface area (Å²) in [5, 5.41) is 0. The van der Waals surface area contributed by atoms with Crippen LogP contribution in [0.5, 0.6) is 5.75 Å². The number of nitrogens with zero attached hydrogens (tertiary/aromatic N) is 1. The molecule has 3 nitrogen and oxygen atoms in total. The minimum atomic E-state index is -0.336. The van der Waals surface area contributed by atoms with Crippen LogP contribution in [0, 0.1) is 11.9 Å². The molecule has 0 aliphatic carbocycles. The van der Waals surface area contributed by atoms with Crippen LogP contribution < -0.4 is 4.74 Å². The molecule has 0 unspecified atom stereocenters. The second-order valence-corrected chi connectivity index (χ2v) is 4.99. The van der Waals surface area contributed by atoms with Crippen molar-refractivity contribution in [3.63, 3.8) is 0 Å².